The molecule has 0 aromatic heterocycles. The summed E-state index contributed by atoms with van der Waals surface area (Å²) in [7, 11) is 0. The van der Waals surface area contributed by atoms with Gasteiger partial charge in [0.15, 0.2) is 0 Å². The van der Waals surface area contributed by atoms with Crippen LogP contribution in [0.5, 0.6) is 0 Å². The second-order valence-corrected chi connectivity index (χ2v) is 6.60. The van der Waals surface area contributed by atoms with Crippen LogP contribution in [-0.2, 0) is 4.79 Å². The van der Waals surface area contributed by atoms with E-state index in [1.165, 1.54) is 24.0 Å². The van der Waals surface area contributed by atoms with Crippen molar-refractivity contribution in [1.29, 1.82) is 0 Å². The number of carbonyl (C=O) groups is 1. The number of amides is 1. The zero-order valence-corrected chi connectivity index (χ0v) is 12.9. The maximum absolute atomic E-state index is 12.2. The van der Waals surface area contributed by atoms with Crippen molar-refractivity contribution >= 4 is 5.91 Å². The van der Waals surface area contributed by atoms with Crippen LogP contribution in [0.25, 0.3) is 0 Å². The Morgan fingerprint density at radius 2 is 2.24 bits per heavy atom. The quantitative estimate of drug-likeness (QED) is 0.873. The maximum Gasteiger partial charge on any atom is 0.223 e. The fourth-order valence-corrected chi connectivity index (χ4v) is 3.53. The largest absolute Gasteiger partial charge is 0.356 e. The van der Waals surface area contributed by atoms with Crippen LogP contribution in [0.15, 0.2) is 24.3 Å². The third-order valence-corrected chi connectivity index (χ3v) is 4.97. The van der Waals surface area contributed by atoms with Crippen molar-refractivity contribution < 1.29 is 4.79 Å². The van der Waals surface area contributed by atoms with E-state index in [1.807, 2.05) is 0 Å². The van der Waals surface area contributed by atoms with E-state index in [9.17, 15) is 4.79 Å². The first-order valence-electron chi connectivity index (χ1n) is 8.29. The zero-order valence-electron chi connectivity index (χ0n) is 12.9. The lowest BCUT2D eigenvalue weighted by Crippen LogP contribution is -2.33. The van der Waals surface area contributed by atoms with Gasteiger partial charge in [-0.25, -0.2) is 0 Å². The van der Waals surface area contributed by atoms with E-state index in [1.54, 1.807) is 0 Å². The Kier molecular flexibility index (Phi) is 4.59. The van der Waals surface area contributed by atoms with Gasteiger partial charge in [-0.2, -0.15) is 0 Å². The third-order valence-electron chi connectivity index (χ3n) is 4.97. The highest BCUT2D eigenvalue weighted by atomic mass is 16.2. The van der Waals surface area contributed by atoms with E-state index in [0.29, 0.717) is 5.92 Å². The fourth-order valence-electron chi connectivity index (χ4n) is 3.53. The normalized spacial score (nSPS) is 28.1. The van der Waals surface area contributed by atoms with Gasteiger partial charge in [0.2, 0.25) is 5.91 Å². The number of aryl methyl sites for hydroxylation is 1. The molecule has 3 atom stereocenters. The molecule has 0 spiro atoms. The molecule has 1 heterocycles. The monoisotopic (exact) mass is 286 g/mol. The molecular formula is C18H26N2O. The van der Waals surface area contributed by atoms with Crippen LogP contribution in [0.4, 0.5) is 0 Å². The summed E-state index contributed by atoms with van der Waals surface area (Å²) in [6.07, 6.45) is 4.71. The summed E-state index contributed by atoms with van der Waals surface area (Å²) in [5, 5.41) is 6.57. The highest BCUT2D eigenvalue weighted by Crippen LogP contribution is 2.48. The fraction of sp³-hybridized carbons (Fsp3) is 0.611. The summed E-state index contributed by atoms with van der Waals surface area (Å²) in [5.74, 6) is 1.65. The Labute approximate surface area is 127 Å². The van der Waals surface area contributed by atoms with E-state index in [4.69, 9.17) is 0 Å². The summed E-state index contributed by atoms with van der Waals surface area (Å²) < 4.78 is 0. The molecule has 3 heteroatoms. The van der Waals surface area contributed by atoms with E-state index in [2.05, 4.69) is 41.8 Å². The van der Waals surface area contributed by atoms with Crippen molar-refractivity contribution in [2.75, 3.05) is 19.6 Å². The SMILES string of the molecule is Cc1ccccc1C1CC1C(=O)NCCC1CCCNC1. The van der Waals surface area contributed by atoms with Crippen LogP contribution < -0.4 is 10.6 Å². The molecule has 1 aliphatic heterocycles. The number of hydrogen-bond donors (Lipinski definition) is 2. The van der Waals surface area contributed by atoms with Gasteiger partial charge in [0, 0.05) is 12.5 Å². The van der Waals surface area contributed by atoms with Crippen molar-refractivity contribution in [1.82, 2.24) is 10.6 Å². The molecular weight excluding hydrogens is 260 g/mol. The second kappa shape index (κ2) is 6.61. The first-order valence-corrected chi connectivity index (χ1v) is 8.29. The van der Waals surface area contributed by atoms with Gasteiger partial charge in [0.05, 0.1) is 0 Å². The predicted molar refractivity (Wildman–Crippen MR) is 85.2 cm³/mol. The molecule has 21 heavy (non-hydrogen) atoms. The van der Waals surface area contributed by atoms with E-state index >= 15 is 0 Å². The van der Waals surface area contributed by atoms with Crippen LogP contribution in [0.1, 0.15) is 42.7 Å². The molecule has 1 saturated heterocycles. The highest BCUT2D eigenvalue weighted by Gasteiger charge is 2.44. The molecule has 1 aliphatic carbocycles. The number of benzene rings is 1. The Balaban J connectivity index is 1.42. The van der Waals surface area contributed by atoms with Gasteiger partial charge < -0.3 is 10.6 Å². The Bertz CT molecular complexity index is 494. The number of rotatable bonds is 5. The smallest absolute Gasteiger partial charge is 0.223 e. The van der Waals surface area contributed by atoms with E-state index in [-0.39, 0.29) is 11.8 Å². The van der Waals surface area contributed by atoms with Crippen molar-refractivity contribution in [3.8, 4) is 0 Å². The van der Waals surface area contributed by atoms with Crippen LogP contribution >= 0.6 is 0 Å². The third kappa shape index (κ3) is 3.65. The van der Waals surface area contributed by atoms with Crippen LogP contribution in [0, 0.1) is 18.8 Å². The number of piperidine rings is 1. The van der Waals surface area contributed by atoms with Gasteiger partial charge in [-0.3, -0.25) is 4.79 Å². The van der Waals surface area contributed by atoms with Gasteiger partial charge in [-0.15, -0.1) is 0 Å². The minimum Gasteiger partial charge on any atom is -0.356 e. The minimum atomic E-state index is 0.204. The molecule has 3 nitrogen and oxygen atoms in total. The number of hydrogen-bond acceptors (Lipinski definition) is 2. The van der Waals surface area contributed by atoms with Gasteiger partial charge in [0.25, 0.3) is 0 Å². The van der Waals surface area contributed by atoms with Crippen molar-refractivity contribution in [3.63, 3.8) is 0 Å². The molecule has 3 rings (SSSR count). The average molecular weight is 286 g/mol. The summed E-state index contributed by atoms with van der Waals surface area (Å²) >= 11 is 0. The van der Waals surface area contributed by atoms with E-state index < -0.39 is 0 Å². The average Bonchev–Trinajstić information content (AvgIpc) is 3.29. The molecule has 2 aliphatic rings. The topological polar surface area (TPSA) is 41.1 Å². The molecule has 114 valence electrons. The Hall–Kier alpha value is -1.35. The van der Waals surface area contributed by atoms with Crippen LogP contribution in [0.2, 0.25) is 0 Å². The molecule has 2 fully saturated rings. The van der Waals surface area contributed by atoms with Gasteiger partial charge in [-0.05, 0) is 68.7 Å². The molecule has 0 radical (unpaired) electrons. The lowest BCUT2D eigenvalue weighted by molar-refractivity contribution is -0.122. The lowest BCUT2D eigenvalue weighted by atomic mass is 9.96. The van der Waals surface area contributed by atoms with Gasteiger partial charge in [0.1, 0.15) is 0 Å². The number of carbonyl (C=O) groups excluding carboxylic acids is 1. The molecule has 0 bridgehead atoms. The summed E-state index contributed by atoms with van der Waals surface area (Å²) in [6, 6.07) is 8.44. The number of nitrogens with one attached hydrogen (secondary N) is 2. The van der Waals surface area contributed by atoms with E-state index in [0.717, 1.165) is 38.4 Å². The molecule has 1 amide bonds. The van der Waals surface area contributed by atoms with Gasteiger partial charge >= 0.3 is 0 Å². The van der Waals surface area contributed by atoms with Crippen LogP contribution in [0.3, 0.4) is 0 Å². The second-order valence-electron chi connectivity index (χ2n) is 6.60. The zero-order chi connectivity index (χ0) is 14.7. The summed E-state index contributed by atoms with van der Waals surface area (Å²) in [4.78, 5) is 12.2. The van der Waals surface area contributed by atoms with Crippen LogP contribution in [-0.4, -0.2) is 25.5 Å². The minimum absolute atomic E-state index is 0.204. The van der Waals surface area contributed by atoms with Crippen molar-refractivity contribution in [3.05, 3.63) is 35.4 Å². The molecule has 1 saturated carbocycles. The maximum atomic E-state index is 12.2. The van der Waals surface area contributed by atoms with Gasteiger partial charge in [-0.1, -0.05) is 24.3 Å². The highest BCUT2D eigenvalue weighted by molar-refractivity contribution is 5.83. The Morgan fingerprint density at radius 3 is 3.00 bits per heavy atom. The molecule has 1 aromatic carbocycles. The lowest BCUT2D eigenvalue weighted by Gasteiger charge is -2.22. The first kappa shape index (κ1) is 14.6. The predicted octanol–water partition coefficient (Wildman–Crippen LogP) is 2.60. The van der Waals surface area contributed by atoms with Crippen molar-refractivity contribution in [2.24, 2.45) is 11.8 Å². The summed E-state index contributed by atoms with van der Waals surface area (Å²) in [5.41, 5.74) is 2.67. The summed E-state index contributed by atoms with van der Waals surface area (Å²) in [6.45, 7) is 5.25. The molecule has 3 unspecified atom stereocenters. The Morgan fingerprint density at radius 1 is 1.38 bits per heavy atom. The van der Waals surface area contributed by atoms with Crippen molar-refractivity contribution in [2.45, 2.75) is 38.5 Å². The molecule has 2 N–H and O–H groups in total. The first-order chi connectivity index (χ1) is 10.3. The molecule has 1 aromatic rings. The standard InChI is InChI=1S/C18H26N2O/c1-13-5-2-3-7-15(13)16-11-17(16)18(21)20-10-8-14-6-4-9-19-12-14/h2-3,5,7,14,16-17,19H,4,6,8-12H2,1H3,(H,20,21).